The van der Waals surface area contributed by atoms with Crippen LogP contribution in [-0.2, 0) is 33.3 Å². The highest BCUT2D eigenvalue weighted by atomic mass is 16.7. The Labute approximate surface area is 572 Å². The van der Waals surface area contributed by atoms with Gasteiger partial charge in [-0.15, -0.1) is 0 Å². The summed E-state index contributed by atoms with van der Waals surface area (Å²) in [6.45, 7) is 4.74. The fraction of sp³-hybridized carbons (Fsp3) is 0.679. The minimum absolute atomic E-state index is 0.173. The van der Waals surface area contributed by atoms with Gasteiger partial charge in [0.15, 0.2) is 6.10 Å². The van der Waals surface area contributed by atoms with Gasteiger partial charge in [0.25, 0.3) is 6.29 Å². The van der Waals surface area contributed by atoms with Crippen molar-refractivity contribution in [1.82, 2.24) is 0 Å². The molecule has 0 saturated heterocycles. The topological polar surface area (TPSA) is 108 Å². The fourth-order valence-corrected chi connectivity index (χ4v) is 10.4. The van der Waals surface area contributed by atoms with Crippen LogP contribution >= 0.6 is 0 Å². The lowest BCUT2D eigenvalue weighted by molar-refractivity contribution is -0.870. The summed E-state index contributed by atoms with van der Waals surface area (Å²) in [5, 5.41) is 9.76. The molecular formula is C84H142NO8+. The molecule has 0 aromatic rings. The molecule has 9 nitrogen and oxygen atoms in total. The number of allylic oxidation sites excluding steroid dienone is 24. The molecule has 9 heteroatoms. The molecule has 0 rings (SSSR count). The van der Waals surface area contributed by atoms with Crippen LogP contribution in [0.2, 0.25) is 0 Å². The first-order valence-corrected chi connectivity index (χ1v) is 38.0. The number of likely N-dealkylation sites (N-methyl/N-ethyl adjacent to an activating group) is 1. The monoisotopic (exact) mass is 1290 g/mol. The molecule has 0 heterocycles. The van der Waals surface area contributed by atoms with Crippen LogP contribution in [-0.4, -0.2) is 87.4 Å². The molecule has 0 fully saturated rings. The van der Waals surface area contributed by atoms with E-state index in [-0.39, 0.29) is 38.6 Å². The Hall–Kier alpha value is -4.83. The molecule has 0 saturated carbocycles. The van der Waals surface area contributed by atoms with Crippen molar-refractivity contribution in [2.24, 2.45) is 0 Å². The largest absolute Gasteiger partial charge is 0.477 e. The predicted molar refractivity (Wildman–Crippen MR) is 400 cm³/mol. The van der Waals surface area contributed by atoms with E-state index in [0.717, 1.165) is 109 Å². The summed E-state index contributed by atoms with van der Waals surface area (Å²) in [5.41, 5.74) is 0. The van der Waals surface area contributed by atoms with Crippen LogP contribution in [0.5, 0.6) is 0 Å². The van der Waals surface area contributed by atoms with Gasteiger partial charge in [-0.2, -0.15) is 0 Å². The molecular weight excluding hydrogens is 1150 g/mol. The van der Waals surface area contributed by atoms with Crippen LogP contribution in [0.25, 0.3) is 0 Å². The summed E-state index contributed by atoms with van der Waals surface area (Å²) < 4.78 is 22.9. The van der Waals surface area contributed by atoms with Gasteiger partial charge in [0.05, 0.1) is 34.4 Å². The lowest BCUT2D eigenvalue weighted by Gasteiger charge is -2.25. The van der Waals surface area contributed by atoms with E-state index in [9.17, 15) is 19.5 Å². The Bertz CT molecular complexity index is 2040. The van der Waals surface area contributed by atoms with Crippen LogP contribution in [0.15, 0.2) is 146 Å². The lowest BCUT2D eigenvalue weighted by Crippen LogP contribution is -2.40. The van der Waals surface area contributed by atoms with Gasteiger partial charge < -0.3 is 28.5 Å². The standard InChI is InChI=1S/C84H141NO8/c1-6-8-10-12-14-16-18-20-22-24-26-28-30-32-34-36-37-38-39-40-41-42-43-44-45-47-49-51-53-55-57-59-61-63-65-67-69-71-73-75-82(87)93-80(79-92-84(83(88)89)90-77-76-85(3,4)5)78-91-81(86)74-72-70-68-66-64-62-60-58-56-54-52-50-48-46-35-33-31-29-27-25-23-21-19-17-15-13-11-9-7-2/h8,10,14,16,20,22,26,28,32,34,37-38,40-41,43-44,47,49,53,55,59,61,65,67,80,84H,6-7,9,11-13,15,17-19,21,23-25,27,29-31,33,35-36,39,42,45-46,48,50-52,54,56-58,60,62-64,66,68-79H2,1-5H3/p+1/b10-8-,16-14-,22-20-,28-26-,34-32-,38-37-,41-40-,44-43-,49-47-,55-53-,61-59-,67-65-. The number of hydrogen-bond acceptors (Lipinski definition) is 7. The van der Waals surface area contributed by atoms with Crippen molar-refractivity contribution in [2.45, 2.75) is 322 Å². The van der Waals surface area contributed by atoms with Crippen molar-refractivity contribution in [1.29, 1.82) is 0 Å². The van der Waals surface area contributed by atoms with E-state index in [1.807, 2.05) is 21.1 Å². The van der Waals surface area contributed by atoms with Gasteiger partial charge in [0.2, 0.25) is 0 Å². The SMILES string of the molecule is CC/C=C\C/C=C\C/C=C\C/C=C\C/C=C\C/C=C\C/C=C\C/C=C\C/C=C\C/C=C\C/C=C\C/C=C\CCCCC(=O)OC(COC(=O)CCCCCCCCCCCCCCCCCCCCCCCCCCCCCCC)COC(OCC[N+](C)(C)C)C(=O)O. The number of hydrogen-bond donors (Lipinski definition) is 1. The Morgan fingerprint density at radius 1 is 0.333 bits per heavy atom. The number of ether oxygens (including phenoxy) is 4. The fourth-order valence-electron chi connectivity index (χ4n) is 10.4. The zero-order chi connectivity index (χ0) is 67.5. The van der Waals surface area contributed by atoms with E-state index >= 15 is 0 Å². The Morgan fingerprint density at radius 3 is 0.914 bits per heavy atom. The van der Waals surface area contributed by atoms with Crippen molar-refractivity contribution in [2.75, 3.05) is 47.5 Å². The molecule has 93 heavy (non-hydrogen) atoms. The Morgan fingerprint density at radius 2 is 0.613 bits per heavy atom. The van der Waals surface area contributed by atoms with Gasteiger partial charge >= 0.3 is 17.9 Å². The van der Waals surface area contributed by atoms with Crippen molar-refractivity contribution in [3.63, 3.8) is 0 Å². The average Bonchev–Trinajstić information content (AvgIpc) is 3.38. The van der Waals surface area contributed by atoms with Gasteiger partial charge in [0.1, 0.15) is 13.2 Å². The van der Waals surface area contributed by atoms with Gasteiger partial charge in [0, 0.05) is 12.8 Å². The molecule has 0 aliphatic carbocycles. The van der Waals surface area contributed by atoms with E-state index in [0.29, 0.717) is 17.4 Å². The van der Waals surface area contributed by atoms with Crippen LogP contribution in [0.3, 0.4) is 0 Å². The van der Waals surface area contributed by atoms with Gasteiger partial charge in [-0.05, 0) is 103 Å². The normalized spacial score (nSPS) is 13.5. The number of rotatable bonds is 69. The molecule has 0 radical (unpaired) electrons. The van der Waals surface area contributed by atoms with E-state index in [1.165, 1.54) is 167 Å². The summed E-state index contributed by atoms with van der Waals surface area (Å²) in [7, 11) is 5.96. The maximum atomic E-state index is 12.9. The molecule has 1 N–H and O–H groups in total. The Kier molecular flexibility index (Phi) is 69.2. The zero-order valence-corrected chi connectivity index (χ0v) is 60.6. The first kappa shape index (κ1) is 88.2. The summed E-state index contributed by atoms with van der Waals surface area (Å²) >= 11 is 0. The molecule has 0 aromatic carbocycles. The highest BCUT2D eigenvalue weighted by Gasteiger charge is 2.25. The van der Waals surface area contributed by atoms with Crippen LogP contribution in [0, 0.1) is 0 Å². The zero-order valence-electron chi connectivity index (χ0n) is 60.6. The molecule has 530 valence electrons. The molecule has 0 bridgehead atoms. The molecule has 0 aliphatic heterocycles. The second kappa shape index (κ2) is 73.0. The predicted octanol–water partition coefficient (Wildman–Crippen LogP) is 24.3. The maximum absolute atomic E-state index is 12.9. The second-order valence-electron chi connectivity index (χ2n) is 26.2. The summed E-state index contributed by atoms with van der Waals surface area (Å²) in [6.07, 6.45) is 104. The summed E-state index contributed by atoms with van der Waals surface area (Å²) in [6, 6.07) is 0. The third-order valence-electron chi connectivity index (χ3n) is 16.1. The average molecular weight is 1290 g/mol. The van der Waals surface area contributed by atoms with Crippen LogP contribution in [0.1, 0.15) is 309 Å². The quantitative estimate of drug-likeness (QED) is 0.0211. The minimum atomic E-state index is -1.53. The first-order valence-electron chi connectivity index (χ1n) is 38.0. The molecule has 0 aromatic heterocycles. The summed E-state index contributed by atoms with van der Waals surface area (Å²) in [4.78, 5) is 37.7. The lowest BCUT2D eigenvalue weighted by atomic mass is 10.0. The maximum Gasteiger partial charge on any atom is 0.361 e. The van der Waals surface area contributed by atoms with E-state index < -0.39 is 24.3 Å². The third-order valence-corrected chi connectivity index (χ3v) is 16.1. The molecule has 0 amide bonds. The number of carbonyl (C=O) groups is 3. The summed E-state index contributed by atoms with van der Waals surface area (Å²) in [5.74, 6) is -2.07. The van der Waals surface area contributed by atoms with E-state index in [2.05, 4.69) is 160 Å². The number of unbranched alkanes of at least 4 members (excludes halogenated alkanes) is 30. The number of carboxylic acids is 1. The third kappa shape index (κ3) is 74.4. The minimum Gasteiger partial charge on any atom is -0.477 e. The number of nitrogens with zero attached hydrogens (tertiary/aromatic N) is 1. The smallest absolute Gasteiger partial charge is 0.361 e. The van der Waals surface area contributed by atoms with Crippen molar-refractivity contribution >= 4 is 17.9 Å². The van der Waals surface area contributed by atoms with E-state index in [4.69, 9.17) is 18.9 Å². The second-order valence-corrected chi connectivity index (χ2v) is 26.2. The highest BCUT2D eigenvalue weighted by Crippen LogP contribution is 2.18. The van der Waals surface area contributed by atoms with Crippen LogP contribution in [0.4, 0.5) is 0 Å². The Balaban J connectivity index is 4.20. The molecule has 0 spiro atoms. The van der Waals surface area contributed by atoms with Gasteiger partial charge in [-0.25, -0.2) is 4.79 Å². The number of esters is 2. The van der Waals surface area contributed by atoms with Gasteiger partial charge in [-0.3, -0.25) is 9.59 Å². The van der Waals surface area contributed by atoms with Crippen molar-refractivity contribution in [3.8, 4) is 0 Å². The molecule has 2 unspecified atom stereocenters. The number of quaternary nitrogens is 1. The first-order chi connectivity index (χ1) is 45.6. The van der Waals surface area contributed by atoms with Gasteiger partial charge in [-0.1, -0.05) is 339 Å². The van der Waals surface area contributed by atoms with Crippen molar-refractivity contribution < 1.29 is 42.9 Å². The van der Waals surface area contributed by atoms with E-state index in [1.54, 1.807) is 0 Å². The molecule has 2 atom stereocenters. The number of carboxylic acid groups (broad SMARTS) is 1. The highest BCUT2D eigenvalue weighted by molar-refractivity contribution is 5.71. The van der Waals surface area contributed by atoms with Crippen LogP contribution < -0.4 is 0 Å². The van der Waals surface area contributed by atoms with Crippen molar-refractivity contribution in [3.05, 3.63) is 146 Å². The molecule has 0 aliphatic rings. The number of carbonyl (C=O) groups excluding carboxylic acids is 2. The number of aliphatic carboxylic acids is 1.